The van der Waals surface area contributed by atoms with E-state index in [0.717, 1.165) is 12.8 Å². The Kier molecular flexibility index (Phi) is 3.76. The zero-order valence-electron chi connectivity index (χ0n) is 9.46. The molecule has 0 saturated carbocycles. The third-order valence-corrected chi connectivity index (χ3v) is 4.32. The second-order valence-electron chi connectivity index (χ2n) is 4.38. The maximum absolute atomic E-state index is 6.10. The van der Waals surface area contributed by atoms with Crippen molar-refractivity contribution in [1.82, 2.24) is 4.98 Å². The van der Waals surface area contributed by atoms with E-state index in [2.05, 4.69) is 6.92 Å². The molecule has 0 fully saturated rings. The fourth-order valence-electron chi connectivity index (χ4n) is 2.14. The lowest BCUT2D eigenvalue weighted by molar-refractivity contribution is 0.630. The predicted molar refractivity (Wildman–Crippen MR) is 65.2 cm³/mol. The number of thiazole rings is 1. The number of hydrogen-bond acceptors (Lipinski definition) is 3. The van der Waals surface area contributed by atoms with Crippen LogP contribution in [0.15, 0.2) is 0 Å². The Morgan fingerprint density at radius 1 is 1.33 bits per heavy atom. The molecule has 3 heteroatoms. The average molecular weight is 224 g/mol. The first-order valence-electron chi connectivity index (χ1n) is 6.05. The summed E-state index contributed by atoms with van der Waals surface area (Å²) in [5, 5.41) is 1.17. The minimum absolute atomic E-state index is 0.173. The summed E-state index contributed by atoms with van der Waals surface area (Å²) in [4.78, 5) is 6.23. The number of nitrogens with zero attached hydrogens (tertiary/aromatic N) is 1. The van der Waals surface area contributed by atoms with Gasteiger partial charge in [-0.1, -0.05) is 19.8 Å². The van der Waals surface area contributed by atoms with Gasteiger partial charge in [0.05, 0.1) is 11.7 Å². The van der Waals surface area contributed by atoms with E-state index in [4.69, 9.17) is 10.7 Å². The Labute approximate surface area is 95.9 Å². The standard InChI is InChI=1S/C12H20N2S/c1-2-6-9(13)12-14-10-7-4-3-5-8-11(10)15-12/h9H,2-8,13H2,1H3. The molecular formula is C12H20N2S. The first-order valence-corrected chi connectivity index (χ1v) is 6.87. The van der Waals surface area contributed by atoms with Crippen molar-refractivity contribution in [3.8, 4) is 0 Å². The van der Waals surface area contributed by atoms with Crippen molar-refractivity contribution in [1.29, 1.82) is 0 Å². The van der Waals surface area contributed by atoms with Crippen LogP contribution in [0.2, 0.25) is 0 Å². The molecule has 1 aliphatic rings. The quantitative estimate of drug-likeness (QED) is 0.801. The van der Waals surface area contributed by atoms with Crippen molar-refractivity contribution in [3.05, 3.63) is 15.6 Å². The molecule has 1 heterocycles. The molecule has 0 radical (unpaired) electrons. The van der Waals surface area contributed by atoms with Crippen molar-refractivity contribution in [3.63, 3.8) is 0 Å². The van der Waals surface area contributed by atoms with Crippen molar-refractivity contribution >= 4 is 11.3 Å². The highest BCUT2D eigenvalue weighted by Gasteiger charge is 2.17. The molecule has 2 nitrogen and oxygen atoms in total. The number of aromatic nitrogens is 1. The Hall–Kier alpha value is -0.410. The molecule has 0 aliphatic heterocycles. The summed E-state index contributed by atoms with van der Waals surface area (Å²) in [6.07, 6.45) is 8.60. The van der Waals surface area contributed by atoms with Gasteiger partial charge in [-0.25, -0.2) is 4.98 Å². The van der Waals surface area contributed by atoms with E-state index >= 15 is 0 Å². The lowest BCUT2D eigenvalue weighted by Gasteiger charge is -2.05. The van der Waals surface area contributed by atoms with Crippen LogP contribution in [0.3, 0.4) is 0 Å². The van der Waals surface area contributed by atoms with Crippen molar-refractivity contribution < 1.29 is 0 Å². The molecule has 0 bridgehead atoms. The summed E-state index contributed by atoms with van der Waals surface area (Å²) in [6, 6.07) is 0.173. The second-order valence-corrected chi connectivity index (χ2v) is 5.49. The van der Waals surface area contributed by atoms with Gasteiger partial charge >= 0.3 is 0 Å². The van der Waals surface area contributed by atoms with Crippen LogP contribution in [-0.2, 0) is 12.8 Å². The van der Waals surface area contributed by atoms with Gasteiger partial charge in [0, 0.05) is 4.88 Å². The highest BCUT2D eigenvalue weighted by Crippen LogP contribution is 2.29. The largest absolute Gasteiger partial charge is 0.322 e. The second kappa shape index (κ2) is 5.08. The van der Waals surface area contributed by atoms with Gasteiger partial charge in [-0.3, -0.25) is 0 Å². The maximum atomic E-state index is 6.10. The van der Waals surface area contributed by atoms with Crippen LogP contribution in [0.5, 0.6) is 0 Å². The van der Waals surface area contributed by atoms with E-state index in [1.165, 1.54) is 47.7 Å². The van der Waals surface area contributed by atoms with E-state index in [9.17, 15) is 0 Å². The molecule has 84 valence electrons. The van der Waals surface area contributed by atoms with Crippen molar-refractivity contribution in [2.24, 2.45) is 5.73 Å². The summed E-state index contributed by atoms with van der Waals surface area (Å²) in [7, 11) is 0. The van der Waals surface area contributed by atoms with Crippen LogP contribution < -0.4 is 5.73 Å². The third kappa shape index (κ3) is 2.58. The Balaban J connectivity index is 2.14. The van der Waals surface area contributed by atoms with E-state index < -0.39 is 0 Å². The van der Waals surface area contributed by atoms with Crippen LogP contribution in [0.25, 0.3) is 0 Å². The number of hydrogen-bond donors (Lipinski definition) is 1. The number of nitrogens with two attached hydrogens (primary N) is 1. The summed E-state index contributed by atoms with van der Waals surface area (Å²) >= 11 is 1.86. The molecule has 0 amide bonds. The summed E-state index contributed by atoms with van der Waals surface area (Å²) < 4.78 is 0. The lowest BCUT2D eigenvalue weighted by Crippen LogP contribution is -2.09. The van der Waals surface area contributed by atoms with Gasteiger partial charge in [0.15, 0.2) is 0 Å². The van der Waals surface area contributed by atoms with Gasteiger partial charge in [0.1, 0.15) is 5.01 Å². The topological polar surface area (TPSA) is 38.9 Å². The molecule has 1 aromatic rings. The Morgan fingerprint density at radius 3 is 2.93 bits per heavy atom. The molecule has 0 saturated heterocycles. The first-order chi connectivity index (χ1) is 7.31. The molecule has 1 aromatic heterocycles. The minimum atomic E-state index is 0.173. The van der Waals surface area contributed by atoms with Gasteiger partial charge in [0.25, 0.3) is 0 Å². The zero-order chi connectivity index (χ0) is 10.7. The van der Waals surface area contributed by atoms with E-state index in [0.29, 0.717) is 0 Å². The van der Waals surface area contributed by atoms with Crippen LogP contribution in [0.4, 0.5) is 0 Å². The van der Waals surface area contributed by atoms with Gasteiger partial charge in [-0.05, 0) is 32.1 Å². The first kappa shape index (κ1) is 11.1. The molecular weight excluding hydrogens is 204 g/mol. The summed E-state index contributed by atoms with van der Waals surface area (Å²) in [6.45, 7) is 2.18. The Bertz CT molecular complexity index is 296. The van der Waals surface area contributed by atoms with Crippen LogP contribution in [-0.4, -0.2) is 4.98 Å². The number of aryl methyl sites for hydroxylation is 2. The fourth-order valence-corrected chi connectivity index (χ4v) is 3.33. The predicted octanol–water partition coefficient (Wildman–Crippen LogP) is 3.21. The van der Waals surface area contributed by atoms with E-state index in [1.54, 1.807) is 0 Å². The molecule has 2 rings (SSSR count). The smallest absolute Gasteiger partial charge is 0.110 e. The monoisotopic (exact) mass is 224 g/mol. The van der Waals surface area contributed by atoms with Crippen LogP contribution >= 0.6 is 11.3 Å². The lowest BCUT2D eigenvalue weighted by atomic mass is 10.2. The SMILES string of the molecule is CCCC(N)c1nc2c(s1)CCCCC2. The molecule has 1 atom stereocenters. The van der Waals surface area contributed by atoms with Gasteiger partial charge < -0.3 is 5.73 Å². The van der Waals surface area contributed by atoms with Crippen LogP contribution in [0, 0.1) is 0 Å². The van der Waals surface area contributed by atoms with Gasteiger partial charge in [-0.2, -0.15) is 0 Å². The van der Waals surface area contributed by atoms with E-state index in [-0.39, 0.29) is 6.04 Å². The molecule has 0 aromatic carbocycles. The molecule has 0 spiro atoms. The molecule has 2 N–H and O–H groups in total. The molecule has 1 aliphatic carbocycles. The normalized spacial score (nSPS) is 18.3. The van der Waals surface area contributed by atoms with E-state index in [1.807, 2.05) is 11.3 Å². The maximum Gasteiger partial charge on any atom is 0.110 e. The zero-order valence-corrected chi connectivity index (χ0v) is 10.3. The van der Waals surface area contributed by atoms with Crippen molar-refractivity contribution in [2.75, 3.05) is 0 Å². The van der Waals surface area contributed by atoms with Crippen molar-refractivity contribution in [2.45, 2.75) is 57.9 Å². The minimum Gasteiger partial charge on any atom is -0.322 e. The summed E-state index contributed by atoms with van der Waals surface area (Å²) in [5.74, 6) is 0. The third-order valence-electron chi connectivity index (χ3n) is 3.03. The fraction of sp³-hybridized carbons (Fsp3) is 0.750. The number of rotatable bonds is 3. The highest BCUT2D eigenvalue weighted by molar-refractivity contribution is 7.11. The number of fused-ring (bicyclic) bond motifs is 1. The molecule has 15 heavy (non-hydrogen) atoms. The highest BCUT2D eigenvalue weighted by atomic mass is 32.1. The van der Waals surface area contributed by atoms with Gasteiger partial charge in [-0.15, -0.1) is 11.3 Å². The van der Waals surface area contributed by atoms with Crippen LogP contribution in [0.1, 0.15) is 60.6 Å². The summed E-state index contributed by atoms with van der Waals surface area (Å²) in [5.41, 5.74) is 7.45. The van der Waals surface area contributed by atoms with Gasteiger partial charge in [0.2, 0.25) is 0 Å². The molecule has 1 unspecified atom stereocenters. The average Bonchev–Trinajstić information content (AvgIpc) is 2.51. The Morgan fingerprint density at radius 2 is 2.13 bits per heavy atom.